The molecule has 0 aromatic carbocycles. The molecule has 0 aliphatic carbocycles. The number of thiophene rings is 1. The van der Waals surface area contributed by atoms with Gasteiger partial charge >= 0.3 is 0 Å². The highest BCUT2D eigenvalue weighted by Crippen LogP contribution is 1.91. The number of hydrogen-bond donors (Lipinski definition) is 0. The van der Waals surface area contributed by atoms with Gasteiger partial charge in [0.05, 0.1) is 0 Å². The van der Waals surface area contributed by atoms with E-state index in [1.807, 2.05) is 22.9 Å². The van der Waals surface area contributed by atoms with Gasteiger partial charge in [-0.1, -0.05) is 12.1 Å². The Morgan fingerprint density at radius 2 is 1.43 bits per heavy atom. The Morgan fingerprint density at radius 1 is 1.00 bits per heavy atom. The van der Waals surface area contributed by atoms with Gasteiger partial charge in [-0.3, -0.25) is 4.70 Å². The maximum Gasteiger partial charge on any atom is -0.00934 e. The lowest BCUT2D eigenvalue weighted by Crippen LogP contribution is -1.16. The molecule has 0 saturated carbocycles. The standard InChI is InChI=1S/C4H4S.FH.H3P/c1-2-4-5-3-1;;/h1-4H;1H;1H3. The maximum absolute atomic E-state index is 2.04. The highest BCUT2D eigenvalue weighted by Gasteiger charge is 1.58. The van der Waals surface area contributed by atoms with Gasteiger partial charge in [0.25, 0.3) is 0 Å². The molecule has 0 amide bonds. The van der Waals surface area contributed by atoms with E-state index in [2.05, 4.69) is 0 Å². The van der Waals surface area contributed by atoms with Crippen molar-refractivity contribution in [2.75, 3.05) is 0 Å². The molecule has 1 aromatic rings. The predicted octanol–water partition coefficient (Wildman–Crippen LogP) is 1.96. The van der Waals surface area contributed by atoms with E-state index in [1.54, 1.807) is 11.3 Å². The van der Waals surface area contributed by atoms with Crippen LogP contribution >= 0.6 is 21.2 Å². The summed E-state index contributed by atoms with van der Waals surface area (Å²) in [5, 5.41) is 4.08. The monoisotopic (exact) mass is 138 g/mol. The maximum atomic E-state index is 2.04. The van der Waals surface area contributed by atoms with E-state index < -0.39 is 0 Å². The Balaban J connectivity index is 0. The Labute approximate surface area is 49.6 Å². The van der Waals surface area contributed by atoms with Gasteiger partial charge in [-0.05, 0) is 10.8 Å². The van der Waals surface area contributed by atoms with Crippen LogP contribution in [0.15, 0.2) is 22.9 Å². The average molecular weight is 138 g/mol. The van der Waals surface area contributed by atoms with E-state index in [0.29, 0.717) is 0 Å². The Kier molecular flexibility index (Phi) is 8.77. The molecule has 7 heavy (non-hydrogen) atoms. The lowest BCUT2D eigenvalue weighted by molar-refractivity contribution is 1.11. The number of halogens is 1. The predicted molar refractivity (Wildman–Crippen MR) is 37.9 cm³/mol. The smallest absolute Gasteiger partial charge is 0.00934 e. The minimum Gasteiger partial charge on any atom is -0.269 e. The zero-order valence-electron chi connectivity index (χ0n) is 3.83. The normalized spacial score (nSPS) is 5.71. The molecule has 1 unspecified atom stereocenters. The first-order valence-corrected chi connectivity index (χ1v) is 2.41. The summed E-state index contributed by atoms with van der Waals surface area (Å²) in [4.78, 5) is 0. The minimum absolute atomic E-state index is 0. The van der Waals surface area contributed by atoms with E-state index >= 15 is 0 Å². The highest BCUT2D eigenvalue weighted by atomic mass is 32.1. The lowest BCUT2D eigenvalue weighted by Gasteiger charge is -1.39. The molecule has 0 fully saturated rings. The molecule has 0 bridgehead atoms. The van der Waals surface area contributed by atoms with Gasteiger partial charge in [0.2, 0.25) is 0 Å². The third-order valence-electron chi connectivity index (χ3n) is 0.425. The van der Waals surface area contributed by atoms with Crippen LogP contribution in [0, 0.1) is 0 Å². The largest absolute Gasteiger partial charge is 0.269 e. The van der Waals surface area contributed by atoms with Gasteiger partial charge in [0.1, 0.15) is 0 Å². The SMILES string of the molecule is F.P.c1ccsc1. The van der Waals surface area contributed by atoms with Gasteiger partial charge in [-0.15, -0.1) is 0 Å². The second-order valence-corrected chi connectivity index (χ2v) is 1.61. The number of rotatable bonds is 0. The molecule has 1 rings (SSSR count). The van der Waals surface area contributed by atoms with Crippen LogP contribution in [0.4, 0.5) is 4.70 Å². The summed E-state index contributed by atoms with van der Waals surface area (Å²) in [6, 6.07) is 4.04. The Hall–Kier alpha value is 0.0600. The third-order valence-corrected chi connectivity index (χ3v) is 1.05. The molecular weight excluding hydrogens is 130 g/mol. The molecule has 0 radical (unpaired) electrons. The molecule has 0 aliphatic rings. The molecule has 0 N–H and O–H groups in total. The van der Waals surface area contributed by atoms with Gasteiger partial charge in [-0.25, -0.2) is 0 Å². The van der Waals surface area contributed by atoms with E-state index in [-0.39, 0.29) is 14.6 Å². The van der Waals surface area contributed by atoms with E-state index in [4.69, 9.17) is 0 Å². The van der Waals surface area contributed by atoms with Crippen LogP contribution in [0.5, 0.6) is 0 Å². The Bertz CT molecular complexity index is 68.2. The van der Waals surface area contributed by atoms with Gasteiger partial charge < -0.3 is 0 Å². The highest BCUT2D eigenvalue weighted by molar-refractivity contribution is 7.07. The fourth-order valence-electron chi connectivity index (χ4n) is 0.227. The minimum atomic E-state index is 0. The summed E-state index contributed by atoms with van der Waals surface area (Å²) in [6.07, 6.45) is 0. The van der Waals surface area contributed by atoms with Crippen LogP contribution in [0.2, 0.25) is 0 Å². The van der Waals surface area contributed by atoms with Gasteiger partial charge in [-0.2, -0.15) is 21.2 Å². The molecule has 3 heteroatoms. The van der Waals surface area contributed by atoms with Crippen LogP contribution in [0.1, 0.15) is 0 Å². The molecule has 1 heterocycles. The Morgan fingerprint density at radius 3 is 1.57 bits per heavy atom. The molecule has 1 aromatic heterocycles. The van der Waals surface area contributed by atoms with E-state index in [0.717, 1.165) is 0 Å². The molecule has 42 valence electrons. The van der Waals surface area contributed by atoms with Gasteiger partial charge in [0, 0.05) is 0 Å². The zero-order valence-corrected chi connectivity index (χ0v) is 6.06. The first-order chi connectivity index (χ1) is 2.50. The zero-order chi connectivity index (χ0) is 3.54. The molecule has 1 atom stereocenters. The first-order valence-electron chi connectivity index (χ1n) is 1.47. The molecule has 0 nitrogen and oxygen atoms in total. The summed E-state index contributed by atoms with van der Waals surface area (Å²) in [7, 11) is 0. The summed E-state index contributed by atoms with van der Waals surface area (Å²) in [5.74, 6) is 0. The molecule has 0 spiro atoms. The van der Waals surface area contributed by atoms with Crippen LogP contribution in [0.3, 0.4) is 0 Å². The van der Waals surface area contributed by atoms with Crippen molar-refractivity contribution >= 4 is 21.2 Å². The average Bonchev–Trinajstić information content (AvgIpc) is 1.76. The topological polar surface area (TPSA) is 0 Å². The van der Waals surface area contributed by atoms with Crippen molar-refractivity contribution in [1.29, 1.82) is 0 Å². The summed E-state index contributed by atoms with van der Waals surface area (Å²) in [5.41, 5.74) is 0. The lowest BCUT2D eigenvalue weighted by atomic mass is 10.7. The summed E-state index contributed by atoms with van der Waals surface area (Å²) in [6.45, 7) is 0. The quantitative estimate of drug-likeness (QED) is 0.481. The molecular formula is C4H8FPS. The summed E-state index contributed by atoms with van der Waals surface area (Å²) < 4.78 is 0. The third kappa shape index (κ3) is 3.90. The first kappa shape index (κ1) is 10.1. The van der Waals surface area contributed by atoms with Crippen LogP contribution in [-0.2, 0) is 0 Å². The number of hydrogen-bond acceptors (Lipinski definition) is 1. The van der Waals surface area contributed by atoms with Gasteiger partial charge in [0.15, 0.2) is 0 Å². The summed E-state index contributed by atoms with van der Waals surface area (Å²) >= 11 is 1.71. The second kappa shape index (κ2) is 6.06. The van der Waals surface area contributed by atoms with Crippen molar-refractivity contribution in [3.05, 3.63) is 22.9 Å². The van der Waals surface area contributed by atoms with Crippen molar-refractivity contribution in [3.8, 4) is 0 Å². The van der Waals surface area contributed by atoms with Crippen molar-refractivity contribution < 1.29 is 4.70 Å². The van der Waals surface area contributed by atoms with Crippen LogP contribution < -0.4 is 0 Å². The van der Waals surface area contributed by atoms with E-state index in [1.165, 1.54) is 0 Å². The van der Waals surface area contributed by atoms with Crippen molar-refractivity contribution in [3.63, 3.8) is 0 Å². The van der Waals surface area contributed by atoms with Crippen molar-refractivity contribution in [1.82, 2.24) is 0 Å². The van der Waals surface area contributed by atoms with Crippen LogP contribution in [-0.4, -0.2) is 0 Å². The van der Waals surface area contributed by atoms with E-state index in [9.17, 15) is 0 Å². The fraction of sp³-hybridized carbons (Fsp3) is 0. The van der Waals surface area contributed by atoms with Crippen molar-refractivity contribution in [2.45, 2.75) is 0 Å². The van der Waals surface area contributed by atoms with Crippen molar-refractivity contribution in [2.24, 2.45) is 0 Å². The second-order valence-electron chi connectivity index (χ2n) is 0.793. The van der Waals surface area contributed by atoms with Crippen LogP contribution in [0.25, 0.3) is 0 Å². The fourth-order valence-corrected chi connectivity index (χ4v) is 0.680. The molecule has 0 saturated heterocycles. The molecule has 0 aliphatic heterocycles.